The van der Waals surface area contributed by atoms with Crippen LogP contribution < -0.4 is 5.32 Å². The van der Waals surface area contributed by atoms with Crippen LogP contribution in [0.3, 0.4) is 0 Å². The lowest BCUT2D eigenvalue weighted by Crippen LogP contribution is -2.09. The van der Waals surface area contributed by atoms with Gasteiger partial charge in [-0.2, -0.15) is 0 Å². The summed E-state index contributed by atoms with van der Waals surface area (Å²) < 4.78 is 3.60. The summed E-state index contributed by atoms with van der Waals surface area (Å²) in [5, 5.41) is 15.3. The van der Waals surface area contributed by atoms with Crippen molar-refractivity contribution in [2.75, 3.05) is 5.32 Å². The van der Waals surface area contributed by atoms with E-state index in [1.165, 1.54) is 17.5 Å². The Morgan fingerprint density at radius 1 is 1.53 bits per heavy atom. The predicted octanol–water partition coefficient (Wildman–Crippen LogP) is 1.20. The van der Waals surface area contributed by atoms with Gasteiger partial charge >= 0.3 is 0 Å². The van der Waals surface area contributed by atoms with Crippen LogP contribution in [-0.2, 0) is 6.42 Å². The van der Waals surface area contributed by atoms with Gasteiger partial charge in [-0.05, 0) is 18.0 Å². The second kappa shape index (κ2) is 4.41. The summed E-state index contributed by atoms with van der Waals surface area (Å²) in [5.74, 6) is -0.246. The zero-order valence-electron chi connectivity index (χ0n) is 7.80. The Morgan fingerprint density at radius 2 is 2.40 bits per heavy atom. The van der Waals surface area contributed by atoms with Gasteiger partial charge in [0.1, 0.15) is 9.88 Å². The molecular weight excluding hydrogens is 234 g/mol. The van der Waals surface area contributed by atoms with Gasteiger partial charge in [0.15, 0.2) is 0 Å². The Hall–Kier alpha value is -1.41. The van der Waals surface area contributed by atoms with Crippen LogP contribution in [0.5, 0.6) is 0 Å². The average Bonchev–Trinajstić information content (AvgIpc) is 2.87. The highest BCUT2D eigenvalue weighted by atomic mass is 32.1. The number of anilines is 1. The van der Waals surface area contributed by atoms with Crippen molar-refractivity contribution < 1.29 is 4.79 Å². The Labute approximate surface area is 93.5 Å². The van der Waals surface area contributed by atoms with Gasteiger partial charge in [0.05, 0.1) is 6.20 Å². The molecule has 0 aliphatic rings. The molecule has 0 saturated heterocycles. The van der Waals surface area contributed by atoms with Gasteiger partial charge in [0.25, 0.3) is 5.91 Å². The molecule has 1 N–H and O–H groups in total. The first-order valence-electron chi connectivity index (χ1n) is 4.20. The minimum absolute atomic E-state index is 0.246. The molecule has 0 atom stereocenters. The Morgan fingerprint density at radius 3 is 3.00 bits per heavy atom. The summed E-state index contributed by atoms with van der Waals surface area (Å²) >= 11 is 2.41. The molecule has 0 saturated carbocycles. The van der Waals surface area contributed by atoms with Gasteiger partial charge in [0.2, 0.25) is 5.13 Å². The third-order valence-corrected chi connectivity index (χ3v) is 3.22. The fraction of sp³-hybridized carbons (Fsp3) is 0.286. The molecule has 0 radical (unpaired) electrons. The molecule has 2 rings (SSSR count). The molecule has 78 valence electrons. The topological polar surface area (TPSA) is 80.7 Å². The van der Waals surface area contributed by atoms with E-state index in [0.29, 0.717) is 10.0 Å². The first-order chi connectivity index (χ1) is 7.29. The third kappa shape index (κ3) is 2.34. The second-order valence-electron chi connectivity index (χ2n) is 2.59. The van der Waals surface area contributed by atoms with Gasteiger partial charge in [-0.15, -0.1) is 15.3 Å². The first kappa shape index (κ1) is 10.1. The largest absolute Gasteiger partial charge is 0.296 e. The number of nitrogens with zero attached hydrogens (tertiary/aromatic N) is 4. The fourth-order valence-corrected chi connectivity index (χ4v) is 1.96. The molecule has 2 heterocycles. The predicted molar refractivity (Wildman–Crippen MR) is 57.1 cm³/mol. The quantitative estimate of drug-likeness (QED) is 0.873. The first-order valence-corrected chi connectivity index (χ1v) is 5.79. The van der Waals surface area contributed by atoms with Crippen molar-refractivity contribution in [2.45, 2.75) is 13.3 Å². The minimum atomic E-state index is -0.246. The van der Waals surface area contributed by atoms with Gasteiger partial charge in [0, 0.05) is 0 Å². The van der Waals surface area contributed by atoms with E-state index in [4.69, 9.17) is 0 Å². The molecule has 0 aromatic carbocycles. The molecule has 6 nitrogen and oxygen atoms in total. The number of aromatic nitrogens is 4. The number of amides is 1. The molecule has 2 aromatic heterocycles. The Balaban J connectivity index is 2.06. The smallest absolute Gasteiger partial charge is 0.270 e. The molecule has 0 aliphatic carbocycles. The number of carbonyl (C=O) groups excluding carboxylic acids is 1. The van der Waals surface area contributed by atoms with Gasteiger partial charge in [-0.3, -0.25) is 10.1 Å². The second-order valence-corrected chi connectivity index (χ2v) is 4.44. The summed E-state index contributed by atoms with van der Waals surface area (Å²) in [4.78, 5) is 12.0. The molecule has 0 bridgehead atoms. The van der Waals surface area contributed by atoms with E-state index in [0.717, 1.165) is 23.0 Å². The van der Waals surface area contributed by atoms with Crippen molar-refractivity contribution in [3.63, 3.8) is 0 Å². The van der Waals surface area contributed by atoms with E-state index in [1.807, 2.05) is 6.92 Å². The monoisotopic (exact) mass is 241 g/mol. The summed E-state index contributed by atoms with van der Waals surface area (Å²) in [7, 11) is 0. The normalized spacial score (nSPS) is 10.2. The standard InChI is InChI=1S/C7H7N5OS2/c1-2-5-10-11-7(14-5)9-6(13)4-3-8-12-15-4/h3H,2H2,1H3,(H,9,11,13). The highest BCUT2D eigenvalue weighted by molar-refractivity contribution is 7.15. The van der Waals surface area contributed by atoms with Crippen molar-refractivity contribution in [3.8, 4) is 0 Å². The van der Waals surface area contributed by atoms with Crippen LogP contribution in [0, 0.1) is 0 Å². The third-order valence-electron chi connectivity index (χ3n) is 1.57. The number of aryl methyl sites for hydroxylation is 1. The summed E-state index contributed by atoms with van der Waals surface area (Å²) in [6, 6.07) is 0. The van der Waals surface area contributed by atoms with Crippen LogP contribution in [0.2, 0.25) is 0 Å². The van der Waals surface area contributed by atoms with E-state index < -0.39 is 0 Å². The Kier molecular flexibility index (Phi) is 2.97. The molecule has 15 heavy (non-hydrogen) atoms. The molecular formula is C7H7N5OS2. The number of carbonyl (C=O) groups is 1. The lowest BCUT2D eigenvalue weighted by atomic mass is 10.5. The van der Waals surface area contributed by atoms with Crippen molar-refractivity contribution in [1.29, 1.82) is 0 Å². The summed E-state index contributed by atoms with van der Waals surface area (Å²) in [5.41, 5.74) is 0. The van der Waals surface area contributed by atoms with Crippen molar-refractivity contribution >= 4 is 33.9 Å². The molecule has 0 fully saturated rings. The van der Waals surface area contributed by atoms with Gasteiger partial charge < -0.3 is 0 Å². The fourth-order valence-electron chi connectivity index (χ4n) is 0.873. The molecule has 1 amide bonds. The van der Waals surface area contributed by atoms with Crippen LogP contribution in [0.25, 0.3) is 0 Å². The number of rotatable bonds is 3. The number of nitrogens with one attached hydrogen (secondary N) is 1. The highest BCUT2D eigenvalue weighted by Crippen LogP contribution is 2.16. The molecule has 0 unspecified atom stereocenters. The number of hydrogen-bond donors (Lipinski definition) is 1. The maximum atomic E-state index is 11.5. The molecule has 0 spiro atoms. The van der Waals surface area contributed by atoms with Gasteiger partial charge in [-0.1, -0.05) is 22.7 Å². The van der Waals surface area contributed by atoms with E-state index in [1.54, 1.807) is 0 Å². The highest BCUT2D eigenvalue weighted by Gasteiger charge is 2.11. The SMILES string of the molecule is CCc1nnc(NC(=O)c2cnns2)s1. The van der Waals surface area contributed by atoms with Crippen LogP contribution >= 0.6 is 22.9 Å². The van der Waals surface area contributed by atoms with Crippen LogP contribution in [0.15, 0.2) is 6.20 Å². The van der Waals surface area contributed by atoms with E-state index in [-0.39, 0.29) is 5.91 Å². The zero-order chi connectivity index (χ0) is 10.7. The lowest BCUT2D eigenvalue weighted by Gasteiger charge is -1.94. The summed E-state index contributed by atoms with van der Waals surface area (Å²) in [6.45, 7) is 1.99. The van der Waals surface area contributed by atoms with E-state index >= 15 is 0 Å². The van der Waals surface area contributed by atoms with Crippen molar-refractivity contribution in [2.24, 2.45) is 0 Å². The lowest BCUT2D eigenvalue weighted by molar-refractivity contribution is 0.103. The summed E-state index contributed by atoms with van der Waals surface area (Å²) in [6.07, 6.45) is 2.23. The zero-order valence-corrected chi connectivity index (χ0v) is 9.43. The van der Waals surface area contributed by atoms with Crippen LogP contribution in [-0.4, -0.2) is 25.7 Å². The Bertz CT molecular complexity index is 452. The van der Waals surface area contributed by atoms with Crippen LogP contribution in [0.4, 0.5) is 5.13 Å². The minimum Gasteiger partial charge on any atom is -0.296 e. The maximum Gasteiger partial charge on any atom is 0.270 e. The van der Waals surface area contributed by atoms with Crippen molar-refractivity contribution in [1.82, 2.24) is 19.8 Å². The van der Waals surface area contributed by atoms with Crippen LogP contribution in [0.1, 0.15) is 21.6 Å². The average molecular weight is 241 g/mol. The van der Waals surface area contributed by atoms with Gasteiger partial charge in [-0.25, -0.2) is 0 Å². The van der Waals surface area contributed by atoms with Crippen molar-refractivity contribution in [3.05, 3.63) is 16.1 Å². The van der Waals surface area contributed by atoms with E-state index in [2.05, 4.69) is 25.1 Å². The molecule has 2 aromatic rings. The maximum absolute atomic E-state index is 11.5. The molecule has 8 heteroatoms. The number of hydrogen-bond acceptors (Lipinski definition) is 7. The van der Waals surface area contributed by atoms with E-state index in [9.17, 15) is 4.79 Å². The molecule has 0 aliphatic heterocycles.